The van der Waals surface area contributed by atoms with Crippen molar-refractivity contribution in [1.29, 1.82) is 0 Å². The van der Waals surface area contributed by atoms with Crippen LogP contribution in [-0.2, 0) is 28.5 Å². The molecule has 9 unspecified atom stereocenters. The van der Waals surface area contributed by atoms with Crippen molar-refractivity contribution in [2.45, 2.75) is 49.0 Å². The minimum absolute atomic E-state index is 0.0242. The number of thiophene rings is 1. The highest BCUT2D eigenvalue weighted by atomic mass is 32.1. The van der Waals surface area contributed by atoms with Gasteiger partial charge >= 0.3 is 5.97 Å². The smallest absolute Gasteiger partial charge is 0.310 e. The van der Waals surface area contributed by atoms with Gasteiger partial charge in [-0.1, -0.05) is 6.07 Å². The summed E-state index contributed by atoms with van der Waals surface area (Å²) in [7, 11) is 2.86. The van der Waals surface area contributed by atoms with Gasteiger partial charge in [0.05, 0.1) is 44.3 Å². The van der Waals surface area contributed by atoms with Crippen molar-refractivity contribution in [3.63, 3.8) is 0 Å². The highest BCUT2D eigenvalue weighted by Crippen LogP contribution is 2.57. The van der Waals surface area contributed by atoms with Gasteiger partial charge in [0.2, 0.25) is 12.5 Å². The molecule has 3 N–H and O–H groups in total. The number of carbonyl (C=O) groups excluding carboxylic acids is 1. The highest BCUT2D eigenvalue weighted by Gasteiger charge is 2.56. The summed E-state index contributed by atoms with van der Waals surface area (Å²) in [6, 6.07) is 10.7. The van der Waals surface area contributed by atoms with Crippen LogP contribution in [0.1, 0.15) is 39.9 Å². The Labute approximate surface area is 267 Å². The molecular formula is C32H32O13S. The second-order valence-electron chi connectivity index (χ2n) is 11.8. The lowest BCUT2D eigenvalue weighted by Crippen LogP contribution is -2.62. The number of phenolic OH excluding ortho intramolecular Hbond substituents is 1. The molecule has 1 aromatic heterocycles. The third kappa shape index (κ3) is 4.70. The van der Waals surface area contributed by atoms with Crippen molar-refractivity contribution in [1.82, 2.24) is 0 Å². The van der Waals surface area contributed by atoms with E-state index in [0.29, 0.717) is 28.2 Å². The summed E-state index contributed by atoms with van der Waals surface area (Å²) in [6.45, 7) is 0.171. The van der Waals surface area contributed by atoms with Gasteiger partial charge < -0.3 is 58.0 Å². The first-order valence-corrected chi connectivity index (χ1v) is 15.8. The minimum Gasteiger partial charge on any atom is -0.502 e. The zero-order valence-corrected chi connectivity index (χ0v) is 25.6. The van der Waals surface area contributed by atoms with Crippen LogP contribution in [-0.4, -0.2) is 86.2 Å². The number of methoxy groups -OCH3 is 2. The summed E-state index contributed by atoms with van der Waals surface area (Å²) in [6.07, 6.45) is -7.16. The van der Waals surface area contributed by atoms with E-state index in [-0.39, 0.29) is 37.3 Å². The Balaban J connectivity index is 1.16. The number of benzene rings is 2. The van der Waals surface area contributed by atoms with E-state index in [4.69, 9.17) is 42.6 Å². The first-order chi connectivity index (χ1) is 22.4. The number of hydrogen-bond acceptors (Lipinski definition) is 14. The third-order valence-electron chi connectivity index (χ3n) is 9.37. The number of hydrogen-bond donors (Lipinski definition) is 3. The largest absolute Gasteiger partial charge is 0.502 e. The summed E-state index contributed by atoms with van der Waals surface area (Å²) in [5.41, 5.74) is 2.00. The number of fused-ring (bicyclic) bond motifs is 4. The predicted molar refractivity (Wildman–Crippen MR) is 156 cm³/mol. The molecule has 46 heavy (non-hydrogen) atoms. The van der Waals surface area contributed by atoms with E-state index in [1.165, 1.54) is 25.6 Å². The lowest BCUT2D eigenvalue weighted by Gasteiger charge is -2.48. The molecule has 14 heteroatoms. The second-order valence-corrected chi connectivity index (χ2v) is 12.7. The molecular weight excluding hydrogens is 624 g/mol. The Morgan fingerprint density at radius 2 is 1.65 bits per heavy atom. The van der Waals surface area contributed by atoms with E-state index < -0.39 is 66.8 Å². The molecule has 0 bridgehead atoms. The molecule has 5 heterocycles. The molecule has 244 valence electrons. The van der Waals surface area contributed by atoms with Gasteiger partial charge in [-0.3, -0.25) is 4.79 Å². The number of aromatic hydroxyl groups is 1. The van der Waals surface area contributed by atoms with Crippen LogP contribution in [0, 0.1) is 11.8 Å². The van der Waals surface area contributed by atoms with Crippen LogP contribution >= 0.6 is 11.3 Å². The molecule has 0 radical (unpaired) electrons. The van der Waals surface area contributed by atoms with Gasteiger partial charge in [0.1, 0.15) is 24.4 Å². The lowest BCUT2D eigenvalue weighted by atomic mass is 9.66. The molecule has 1 aliphatic carbocycles. The van der Waals surface area contributed by atoms with E-state index >= 15 is 0 Å². The average molecular weight is 657 g/mol. The van der Waals surface area contributed by atoms with Gasteiger partial charge in [0, 0.05) is 11.8 Å². The molecule has 8 rings (SSSR count). The summed E-state index contributed by atoms with van der Waals surface area (Å²) < 4.78 is 52.6. The van der Waals surface area contributed by atoms with Gasteiger partial charge in [-0.05, 0) is 52.4 Å². The fourth-order valence-corrected chi connectivity index (χ4v) is 7.89. The summed E-state index contributed by atoms with van der Waals surface area (Å²) in [5, 5.41) is 35.0. The van der Waals surface area contributed by atoms with E-state index in [9.17, 15) is 20.1 Å². The third-order valence-corrected chi connectivity index (χ3v) is 10.3. The van der Waals surface area contributed by atoms with Crippen molar-refractivity contribution in [3.8, 4) is 28.7 Å². The van der Waals surface area contributed by atoms with Gasteiger partial charge in [-0.25, -0.2) is 0 Å². The highest BCUT2D eigenvalue weighted by molar-refractivity contribution is 7.10. The van der Waals surface area contributed by atoms with Crippen LogP contribution in [0.15, 0.2) is 41.8 Å². The summed E-state index contributed by atoms with van der Waals surface area (Å²) in [4.78, 5) is 14.3. The fourth-order valence-electron chi connectivity index (χ4n) is 7.18. The zero-order chi connectivity index (χ0) is 31.7. The van der Waals surface area contributed by atoms with E-state index in [0.717, 1.165) is 4.88 Å². The first kappa shape index (κ1) is 29.8. The molecule has 0 amide bonds. The van der Waals surface area contributed by atoms with Gasteiger partial charge in [-0.15, -0.1) is 11.3 Å². The Bertz CT molecular complexity index is 1600. The Hall–Kier alpha value is -3.63. The van der Waals surface area contributed by atoms with Gasteiger partial charge in [-0.2, -0.15) is 0 Å². The quantitative estimate of drug-likeness (QED) is 0.333. The van der Waals surface area contributed by atoms with Gasteiger partial charge in [0.15, 0.2) is 35.6 Å². The number of esters is 1. The predicted octanol–water partition coefficient (Wildman–Crippen LogP) is 2.75. The lowest BCUT2D eigenvalue weighted by molar-refractivity contribution is -0.368. The maximum atomic E-state index is 13.5. The molecule has 10 atom stereocenters. The van der Waals surface area contributed by atoms with Crippen molar-refractivity contribution in [3.05, 3.63) is 63.3 Å². The number of aliphatic hydroxyl groups is 2. The second kappa shape index (κ2) is 11.6. The maximum absolute atomic E-state index is 13.5. The molecule has 2 aromatic carbocycles. The van der Waals surface area contributed by atoms with E-state index in [1.807, 2.05) is 23.6 Å². The molecule has 3 aromatic rings. The van der Waals surface area contributed by atoms with Crippen LogP contribution < -0.4 is 18.9 Å². The number of rotatable bonds is 6. The van der Waals surface area contributed by atoms with Crippen LogP contribution in [0.25, 0.3) is 0 Å². The molecule has 0 saturated carbocycles. The van der Waals surface area contributed by atoms with Crippen LogP contribution in [0.2, 0.25) is 0 Å². The molecule has 13 nitrogen and oxygen atoms in total. The van der Waals surface area contributed by atoms with Crippen LogP contribution in [0.4, 0.5) is 0 Å². The number of phenols is 1. The van der Waals surface area contributed by atoms with Crippen molar-refractivity contribution in [2.75, 3.05) is 34.2 Å². The van der Waals surface area contributed by atoms with Crippen molar-refractivity contribution in [2.24, 2.45) is 11.8 Å². The molecule has 0 spiro atoms. The van der Waals surface area contributed by atoms with Crippen molar-refractivity contribution >= 4 is 17.3 Å². The zero-order valence-electron chi connectivity index (χ0n) is 24.8. The molecule has 4 aliphatic heterocycles. The van der Waals surface area contributed by atoms with E-state index in [2.05, 4.69) is 0 Å². The SMILES string of the molecule is COc1cc(C2c3cc4c(cc3C(OC3OC5COC(c6cccs6)OC5C(O)C3O)C3COC(=O)[C@H]23)OCO4)cc(OC)c1O. The number of aliphatic hydroxyl groups excluding tert-OH is 2. The molecule has 5 aliphatic rings. The standard InChI is InChI=1S/C32H32O13S/c1-37-19-6-13(7-20(38-2)25(19)33)23-14-8-17-18(42-12-41-17)9-15(14)28(16-10-39-30(36)24(16)23)44-32-27(35)26(34)29-21(43-32)11-40-31(45-29)22-4-3-5-46-22/h3-9,16,21,23-24,26-29,31-35H,10-12H2,1-2H3/t16?,21?,23?,24-,26?,27?,28?,29?,31?,32?/m0/s1. The first-order valence-electron chi connectivity index (χ1n) is 14.9. The number of carbonyl (C=O) groups is 1. The summed E-state index contributed by atoms with van der Waals surface area (Å²) >= 11 is 1.46. The average Bonchev–Trinajstić information content (AvgIpc) is 3.85. The monoisotopic (exact) mass is 656 g/mol. The number of cyclic esters (lactones) is 1. The maximum Gasteiger partial charge on any atom is 0.310 e. The normalized spacial score (nSPS) is 34.3. The van der Waals surface area contributed by atoms with Crippen LogP contribution in [0.5, 0.6) is 28.7 Å². The summed E-state index contributed by atoms with van der Waals surface area (Å²) in [5.74, 6) is -1.08. The minimum atomic E-state index is -1.47. The Morgan fingerprint density at radius 3 is 2.35 bits per heavy atom. The van der Waals surface area contributed by atoms with Crippen molar-refractivity contribution < 1.29 is 62.7 Å². The Morgan fingerprint density at radius 1 is 0.913 bits per heavy atom. The number of ether oxygens (including phenoxy) is 9. The topological polar surface area (TPSA) is 161 Å². The van der Waals surface area contributed by atoms with Gasteiger partial charge in [0.25, 0.3) is 0 Å². The van der Waals surface area contributed by atoms with E-state index in [1.54, 1.807) is 18.2 Å². The van der Waals surface area contributed by atoms with Crippen LogP contribution in [0.3, 0.4) is 0 Å². The molecule has 3 saturated heterocycles. The Kier molecular flexibility index (Phi) is 7.48. The fraction of sp³-hybridized carbons (Fsp3) is 0.469. The molecule has 3 fully saturated rings.